The molecule has 0 aliphatic carbocycles. The number of benzene rings is 1. The topological polar surface area (TPSA) is 42.9 Å². The molecule has 1 aromatic heterocycles. The summed E-state index contributed by atoms with van der Waals surface area (Å²) >= 11 is 2.88. The largest absolute Gasteiger partial charge is 0.287 e. The normalized spacial score (nSPS) is 10.3. The molecule has 0 fully saturated rings. The Balaban J connectivity index is 2.31. The number of aromatic nitrogens is 2. The molecule has 82 valence electrons. The maximum Gasteiger partial charge on any atom is 0.215 e. The molecule has 0 spiro atoms. The van der Waals surface area contributed by atoms with Gasteiger partial charge >= 0.3 is 0 Å². The standard InChI is InChI=1S/C11H10N2OS2/c1-2-15-11-9(12-13-16-11)10(14)8-6-4-3-5-7-8/h3-7H,2H2,1H3. The van der Waals surface area contributed by atoms with Gasteiger partial charge < -0.3 is 0 Å². The molecule has 3 nitrogen and oxygen atoms in total. The molecule has 5 heteroatoms. The molecular formula is C11H10N2OS2. The summed E-state index contributed by atoms with van der Waals surface area (Å²) in [6.45, 7) is 2.04. The molecule has 0 aliphatic rings. The molecule has 0 aliphatic heterocycles. The van der Waals surface area contributed by atoms with Crippen molar-refractivity contribution in [3.8, 4) is 0 Å². The lowest BCUT2D eigenvalue weighted by atomic mass is 10.1. The van der Waals surface area contributed by atoms with Gasteiger partial charge in [-0.1, -0.05) is 41.7 Å². The summed E-state index contributed by atoms with van der Waals surface area (Å²) < 4.78 is 4.74. The van der Waals surface area contributed by atoms with Crippen LogP contribution >= 0.6 is 23.3 Å². The Bertz CT molecular complexity index is 482. The first-order valence-electron chi connectivity index (χ1n) is 4.88. The summed E-state index contributed by atoms with van der Waals surface area (Å²) in [5.74, 6) is 0.865. The maximum absolute atomic E-state index is 12.1. The molecule has 2 rings (SSSR count). The van der Waals surface area contributed by atoms with E-state index in [0.29, 0.717) is 11.3 Å². The molecule has 0 saturated heterocycles. The molecule has 0 amide bonds. The molecule has 0 saturated carbocycles. The van der Waals surface area contributed by atoms with Gasteiger partial charge in [0.25, 0.3) is 0 Å². The minimum Gasteiger partial charge on any atom is -0.287 e. The van der Waals surface area contributed by atoms with Crippen molar-refractivity contribution >= 4 is 29.1 Å². The molecule has 0 atom stereocenters. The van der Waals surface area contributed by atoms with Gasteiger partial charge in [0.15, 0.2) is 5.69 Å². The van der Waals surface area contributed by atoms with E-state index in [1.54, 1.807) is 23.9 Å². The van der Waals surface area contributed by atoms with Gasteiger partial charge in [0.05, 0.1) is 0 Å². The fraction of sp³-hybridized carbons (Fsp3) is 0.182. The van der Waals surface area contributed by atoms with Crippen LogP contribution in [0.5, 0.6) is 0 Å². The highest BCUT2D eigenvalue weighted by Gasteiger charge is 2.17. The number of hydrogen-bond donors (Lipinski definition) is 0. The van der Waals surface area contributed by atoms with Crippen LogP contribution < -0.4 is 0 Å². The second kappa shape index (κ2) is 5.23. The van der Waals surface area contributed by atoms with E-state index < -0.39 is 0 Å². The molecule has 0 bridgehead atoms. The highest BCUT2D eigenvalue weighted by Crippen LogP contribution is 2.26. The Morgan fingerprint density at radius 2 is 2.12 bits per heavy atom. The fourth-order valence-electron chi connectivity index (χ4n) is 1.27. The summed E-state index contributed by atoms with van der Waals surface area (Å²) in [5.41, 5.74) is 1.14. The van der Waals surface area contributed by atoms with Gasteiger partial charge in [-0.3, -0.25) is 4.79 Å². The number of thioether (sulfide) groups is 1. The highest BCUT2D eigenvalue weighted by molar-refractivity contribution is 8.01. The molecule has 0 N–H and O–H groups in total. The first-order chi connectivity index (χ1) is 7.83. The highest BCUT2D eigenvalue weighted by atomic mass is 32.2. The zero-order valence-electron chi connectivity index (χ0n) is 8.71. The second-order valence-corrected chi connectivity index (χ2v) is 5.32. The smallest absolute Gasteiger partial charge is 0.215 e. The zero-order valence-corrected chi connectivity index (χ0v) is 10.3. The van der Waals surface area contributed by atoms with E-state index in [0.717, 1.165) is 9.96 Å². The van der Waals surface area contributed by atoms with Crippen molar-refractivity contribution in [3.05, 3.63) is 41.6 Å². The minimum absolute atomic E-state index is 0.0506. The van der Waals surface area contributed by atoms with Gasteiger partial charge in [0, 0.05) is 5.56 Å². The third-order valence-corrected chi connectivity index (χ3v) is 3.83. The molecule has 1 aromatic carbocycles. The SMILES string of the molecule is CCSc1snnc1C(=O)c1ccccc1. The van der Waals surface area contributed by atoms with Crippen molar-refractivity contribution in [2.75, 3.05) is 5.75 Å². The van der Waals surface area contributed by atoms with Crippen LogP contribution in [0.15, 0.2) is 34.5 Å². The number of hydrogen-bond acceptors (Lipinski definition) is 5. The molecule has 16 heavy (non-hydrogen) atoms. The van der Waals surface area contributed by atoms with E-state index in [4.69, 9.17) is 0 Å². The molecule has 2 aromatic rings. The van der Waals surface area contributed by atoms with E-state index in [9.17, 15) is 4.79 Å². The molecular weight excluding hydrogens is 240 g/mol. The summed E-state index contributed by atoms with van der Waals surface area (Å²) in [4.78, 5) is 12.1. The van der Waals surface area contributed by atoms with Gasteiger partial charge in [-0.05, 0) is 17.3 Å². The van der Waals surface area contributed by atoms with Gasteiger partial charge in [-0.25, -0.2) is 0 Å². The molecule has 1 heterocycles. The van der Waals surface area contributed by atoms with E-state index >= 15 is 0 Å². The first kappa shape index (κ1) is 11.3. The Labute approximate surface area is 102 Å². The number of carbonyl (C=O) groups excluding carboxylic acids is 1. The lowest BCUT2D eigenvalue weighted by Gasteiger charge is -1.98. The van der Waals surface area contributed by atoms with Crippen LogP contribution in [0.25, 0.3) is 0 Å². The van der Waals surface area contributed by atoms with Gasteiger partial charge in [-0.2, -0.15) is 0 Å². The van der Waals surface area contributed by atoms with Gasteiger partial charge in [0.1, 0.15) is 4.21 Å². The average molecular weight is 250 g/mol. The Morgan fingerprint density at radius 1 is 1.38 bits per heavy atom. The Morgan fingerprint density at radius 3 is 2.81 bits per heavy atom. The lowest BCUT2D eigenvalue weighted by Crippen LogP contribution is -2.02. The van der Waals surface area contributed by atoms with Crippen LogP contribution in [-0.2, 0) is 0 Å². The van der Waals surface area contributed by atoms with Crippen LogP contribution in [0.4, 0.5) is 0 Å². The van der Waals surface area contributed by atoms with Crippen LogP contribution in [0.1, 0.15) is 23.0 Å². The average Bonchev–Trinajstić information content (AvgIpc) is 2.78. The fourth-order valence-corrected chi connectivity index (χ4v) is 2.89. The van der Waals surface area contributed by atoms with Gasteiger partial charge in [0.2, 0.25) is 5.78 Å². The number of rotatable bonds is 4. The summed E-state index contributed by atoms with van der Waals surface area (Å²) in [7, 11) is 0. The van der Waals surface area contributed by atoms with Crippen LogP contribution in [0.2, 0.25) is 0 Å². The van der Waals surface area contributed by atoms with Crippen LogP contribution in [-0.4, -0.2) is 21.1 Å². The Kier molecular flexibility index (Phi) is 3.69. The van der Waals surface area contributed by atoms with Crippen molar-refractivity contribution in [3.63, 3.8) is 0 Å². The molecule has 0 radical (unpaired) electrons. The summed E-state index contributed by atoms with van der Waals surface area (Å²) in [5, 5.41) is 3.91. The van der Waals surface area contributed by atoms with E-state index in [2.05, 4.69) is 9.59 Å². The first-order valence-corrected chi connectivity index (χ1v) is 6.63. The van der Waals surface area contributed by atoms with Crippen molar-refractivity contribution < 1.29 is 4.79 Å². The predicted octanol–water partition coefficient (Wildman–Crippen LogP) is 2.88. The third-order valence-electron chi connectivity index (χ3n) is 1.98. The van der Waals surface area contributed by atoms with E-state index in [-0.39, 0.29) is 5.78 Å². The van der Waals surface area contributed by atoms with Gasteiger partial charge in [-0.15, -0.1) is 16.9 Å². The quantitative estimate of drug-likeness (QED) is 0.618. The Hall–Kier alpha value is -1.20. The third kappa shape index (κ3) is 2.31. The number of ketones is 1. The summed E-state index contributed by atoms with van der Waals surface area (Å²) in [6, 6.07) is 9.17. The minimum atomic E-state index is -0.0506. The predicted molar refractivity (Wildman–Crippen MR) is 66.2 cm³/mol. The van der Waals surface area contributed by atoms with Crippen molar-refractivity contribution in [1.82, 2.24) is 9.59 Å². The molecule has 0 unspecified atom stereocenters. The van der Waals surface area contributed by atoms with Crippen molar-refractivity contribution in [2.45, 2.75) is 11.1 Å². The van der Waals surface area contributed by atoms with Crippen molar-refractivity contribution in [2.24, 2.45) is 0 Å². The lowest BCUT2D eigenvalue weighted by molar-refractivity contribution is 0.103. The number of nitrogens with zero attached hydrogens (tertiary/aromatic N) is 2. The van der Waals surface area contributed by atoms with Crippen molar-refractivity contribution in [1.29, 1.82) is 0 Å². The second-order valence-electron chi connectivity index (χ2n) is 3.04. The maximum atomic E-state index is 12.1. The number of carbonyl (C=O) groups is 1. The zero-order chi connectivity index (χ0) is 11.4. The van der Waals surface area contributed by atoms with Crippen LogP contribution in [0.3, 0.4) is 0 Å². The van der Waals surface area contributed by atoms with E-state index in [1.807, 2.05) is 25.1 Å². The van der Waals surface area contributed by atoms with E-state index in [1.165, 1.54) is 11.5 Å². The monoisotopic (exact) mass is 250 g/mol. The van der Waals surface area contributed by atoms with Crippen LogP contribution in [0, 0.1) is 0 Å². The summed E-state index contributed by atoms with van der Waals surface area (Å²) in [6.07, 6.45) is 0.